The fourth-order valence-corrected chi connectivity index (χ4v) is 4.17. The number of benzene rings is 3. The molecule has 0 unspecified atom stereocenters. The maximum atomic E-state index is 12.0. The number of amides is 1. The summed E-state index contributed by atoms with van der Waals surface area (Å²) in [6.45, 7) is 2.85. The molecule has 34 heavy (non-hydrogen) atoms. The van der Waals surface area contributed by atoms with Crippen LogP contribution in [0.3, 0.4) is 0 Å². The Labute approximate surface area is 242 Å². The third-order valence-electron chi connectivity index (χ3n) is 4.38. The summed E-state index contributed by atoms with van der Waals surface area (Å²) in [4.78, 5) is 10.1. The first kappa shape index (κ1) is 30.6. The summed E-state index contributed by atoms with van der Waals surface area (Å²) >= 11 is 0. The van der Waals surface area contributed by atoms with Gasteiger partial charge >= 0.3 is 59.1 Å². The minimum atomic E-state index is -4.96. The molecule has 3 rings (SSSR count). The monoisotopic (exact) mass is 527 g/mol. The first-order valence-corrected chi connectivity index (χ1v) is 11.7. The normalized spacial score (nSPS) is 11.6. The molecule has 0 aliphatic heterocycles. The van der Waals surface area contributed by atoms with Crippen molar-refractivity contribution in [2.75, 3.05) is 5.32 Å². The predicted octanol–water partition coefficient (Wildman–Crippen LogP) is -2.05. The van der Waals surface area contributed by atoms with Crippen LogP contribution in [-0.4, -0.2) is 37.0 Å². The average Bonchev–Trinajstić information content (AvgIpc) is 2.66. The molecule has 0 fully saturated rings. The van der Waals surface area contributed by atoms with Crippen LogP contribution in [0.4, 0.5) is 17.1 Å². The zero-order valence-electron chi connectivity index (χ0n) is 20.6. The third kappa shape index (κ3) is 6.85. The molecular weight excluding hydrogens is 508 g/mol. The Morgan fingerprint density at radius 3 is 2.12 bits per heavy atom. The Hall–Kier alpha value is -1.39. The number of azo groups is 1. The van der Waals surface area contributed by atoms with Crippen LogP contribution in [0.25, 0.3) is 10.8 Å². The minimum absolute atomic E-state index is 0. The second kappa shape index (κ2) is 11.6. The third-order valence-corrected chi connectivity index (χ3v) is 6.08. The number of nitrogens with one attached hydrogen (secondary N) is 1. The number of hydrogen-bond acceptors (Lipinski definition) is 8. The predicted molar refractivity (Wildman–Crippen MR) is 117 cm³/mol. The molecule has 0 radical (unpaired) electrons. The molecule has 15 heteroatoms. The molecule has 3 aromatic rings. The van der Waals surface area contributed by atoms with Crippen LogP contribution in [-0.2, 0) is 25.0 Å². The average molecular weight is 527 g/mol. The van der Waals surface area contributed by atoms with E-state index in [1.54, 1.807) is 31.2 Å². The van der Waals surface area contributed by atoms with Gasteiger partial charge in [0.05, 0.1) is 16.3 Å². The van der Waals surface area contributed by atoms with E-state index in [0.717, 1.165) is 25.1 Å². The Kier molecular flexibility index (Phi) is 10.4. The molecule has 0 aliphatic rings. The van der Waals surface area contributed by atoms with Crippen molar-refractivity contribution >= 4 is 54.0 Å². The van der Waals surface area contributed by atoms with Gasteiger partial charge in [0.2, 0.25) is 5.91 Å². The summed E-state index contributed by atoms with van der Waals surface area (Å²) in [6, 6.07) is 9.32. The largest absolute Gasteiger partial charge is 1.00 e. The van der Waals surface area contributed by atoms with Crippen LogP contribution in [0.5, 0.6) is 5.75 Å². The van der Waals surface area contributed by atoms with E-state index in [1.165, 1.54) is 0 Å². The fraction of sp³-hybridized carbons (Fsp3) is 0.105. The smallest absolute Gasteiger partial charge is 1.00 e. The molecule has 0 spiro atoms. The Bertz CT molecular complexity index is 1520. The first-order valence-electron chi connectivity index (χ1n) is 8.82. The molecule has 0 bridgehead atoms. The number of aryl methyl sites for hydroxylation is 1. The standard InChI is InChI=1S/C19H17N3O8S2.2Na.2H/c1-10-5-3-4-6-14(10)21-22-18-16(32(28,29)30)8-12-7-13(31(25,26)27)9-15(20-11(2)23)17(12)19(18)24;;;;/h3-9,24H,1-2H3,(H,20,23)(H,25,26,27)(H,28,29,30);;;;/q;2*+1;2*-1. The first-order chi connectivity index (χ1) is 14.8. The van der Waals surface area contributed by atoms with Crippen molar-refractivity contribution in [2.24, 2.45) is 10.2 Å². The summed E-state index contributed by atoms with van der Waals surface area (Å²) in [5, 5.41) is 20.5. The number of carbonyl (C=O) groups excluding carboxylic acids is 1. The fourth-order valence-electron chi connectivity index (χ4n) is 2.97. The Morgan fingerprint density at radius 2 is 1.59 bits per heavy atom. The van der Waals surface area contributed by atoms with Gasteiger partial charge in [-0.1, -0.05) is 18.2 Å². The molecule has 11 nitrogen and oxygen atoms in total. The number of aromatic hydroxyl groups is 1. The number of hydrogen-bond donors (Lipinski definition) is 4. The van der Waals surface area contributed by atoms with Gasteiger partial charge in [0.25, 0.3) is 20.2 Å². The van der Waals surface area contributed by atoms with Gasteiger partial charge in [0.1, 0.15) is 10.6 Å². The molecule has 1 amide bonds. The maximum absolute atomic E-state index is 12.0. The molecule has 3 aromatic carbocycles. The molecular formula is C19H19N3Na2O8S2. The number of rotatable bonds is 5. The quantitative estimate of drug-likeness (QED) is 0.166. The Balaban J connectivity index is 0. The summed E-state index contributed by atoms with van der Waals surface area (Å²) in [5.74, 6) is -1.43. The van der Waals surface area contributed by atoms with E-state index >= 15 is 0 Å². The van der Waals surface area contributed by atoms with Gasteiger partial charge in [-0.25, -0.2) is 0 Å². The van der Waals surface area contributed by atoms with Crippen LogP contribution in [0.1, 0.15) is 15.3 Å². The summed E-state index contributed by atoms with van der Waals surface area (Å²) in [6.07, 6.45) is 0. The van der Waals surface area contributed by atoms with Crippen molar-refractivity contribution in [3.8, 4) is 5.75 Å². The van der Waals surface area contributed by atoms with Gasteiger partial charge in [-0.05, 0) is 42.1 Å². The van der Waals surface area contributed by atoms with E-state index in [4.69, 9.17) is 0 Å². The molecule has 0 aromatic heterocycles. The molecule has 0 heterocycles. The van der Waals surface area contributed by atoms with Crippen LogP contribution in [0.15, 0.2) is 62.5 Å². The summed E-state index contributed by atoms with van der Waals surface area (Å²) in [5.41, 5.74) is 0.183. The van der Waals surface area contributed by atoms with E-state index in [1.807, 2.05) is 0 Å². The van der Waals surface area contributed by atoms with Gasteiger partial charge in [-0.15, -0.1) is 5.11 Å². The van der Waals surface area contributed by atoms with Crippen LogP contribution in [0.2, 0.25) is 0 Å². The minimum Gasteiger partial charge on any atom is -1.00 e. The van der Waals surface area contributed by atoms with Crippen molar-refractivity contribution < 1.29 is 97.8 Å². The van der Waals surface area contributed by atoms with Crippen LogP contribution < -0.4 is 64.4 Å². The van der Waals surface area contributed by atoms with E-state index in [-0.39, 0.29) is 78.4 Å². The van der Waals surface area contributed by atoms with Gasteiger partial charge in [-0.3, -0.25) is 13.9 Å². The molecule has 4 N–H and O–H groups in total. The number of fused-ring (bicyclic) bond motifs is 1. The molecule has 172 valence electrons. The maximum Gasteiger partial charge on any atom is 1.00 e. The van der Waals surface area contributed by atoms with Gasteiger partial charge in [-0.2, -0.15) is 21.9 Å². The van der Waals surface area contributed by atoms with Gasteiger partial charge in [0.15, 0.2) is 5.75 Å². The number of anilines is 1. The number of phenolic OH excluding ortho intramolecular Hbond substituents is 1. The van der Waals surface area contributed by atoms with Crippen molar-refractivity contribution in [2.45, 2.75) is 23.6 Å². The second-order valence-electron chi connectivity index (χ2n) is 6.76. The second-order valence-corrected chi connectivity index (χ2v) is 9.57. The molecule has 0 saturated carbocycles. The van der Waals surface area contributed by atoms with Crippen molar-refractivity contribution in [3.63, 3.8) is 0 Å². The summed E-state index contributed by atoms with van der Waals surface area (Å²) in [7, 11) is -9.72. The zero-order valence-corrected chi connectivity index (χ0v) is 24.3. The van der Waals surface area contributed by atoms with E-state index in [2.05, 4.69) is 15.5 Å². The topological polar surface area (TPSA) is 183 Å². The molecule has 0 atom stereocenters. The van der Waals surface area contributed by atoms with Crippen molar-refractivity contribution in [3.05, 3.63) is 48.0 Å². The zero-order chi connectivity index (χ0) is 23.8. The van der Waals surface area contributed by atoms with Crippen molar-refractivity contribution in [1.29, 1.82) is 0 Å². The van der Waals surface area contributed by atoms with E-state index < -0.39 is 47.4 Å². The van der Waals surface area contributed by atoms with Crippen LogP contribution in [0, 0.1) is 6.92 Å². The van der Waals surface area contributed by atoms with Crippen LogP contribution >= 0.6 is 0 Å². The number of carbonyl (C=O) groups is 1. The Morgan fingerprint density at radius 1 is 0.971 bits per heavy atom. The van der Waals surface area contributed by atoms with Gasteiger partial charge < -0.3 is 13.3 Å². The van der Waals surface area contributed by atoms with E-state index in [0.29, 0.717) is 11.3 Å². The SMILES string of the molecule is CC(=O)Nc1cc(S(=O)(=O)O)cc2cc(S(=O)(=O)O)c(N=Nc3ccccc3C)c(O)c12.[H-].[H-].[Na+].[Na+]. The van der Waals surface area contributed by atoms with Crippen molar-refractivity contribution in [1.82, 2.24) is 0 Å². The number of nitrogens with zero attached hydrogens (tertiary/aromatic N) is 2. The summed E-state index contributed by atoms with van der Waals surface area (Å²) < 4.78 is 66.3. The molecule has 0 saturated heterocycles. The number of phenols is 1. The molecule has 0 aliphatic carbocycles. The van der Waals surface area contributed by atoms with E-state index in [9.17, 15) is 35.8 Å². The van der Waals surface area contributed by atoms with Gasteiger partial charge in [0, 0.05) is 12.3 Å².